The van der Waals surface area contributed by atoms with Gasteiger partial charge in [-0.05, 0) is 81.4 Å². The van der Waals surface area contributed by atoms with Gasteiger partial charge in [-0.1, -0.05) is 18.5 Å². The van der Waals surface area contributed by atoms with Crippen LogP contribution in [-0.4, -0.2) is 66.1 Å². The highest BCUT2D eigenvalue weighted by atomic mass is 35.5. The van der Waals surface area contributed by atoms with E-state index in [0.717, 1.165) is 82.2 Å². The highest BCUT2D eigenvalue weighted by molar-refractivity contribution is 6.35. The first-order chi connectivity index (χ1) is 18.9. The highest BCUT2D eigenvalue weighted by Gasteiger charge is 2.35. The first-order valence-corrected chi connectivity index (χ1v) is 15.3. The molecule has 0 radical (unpaired) electrons. The number of methoxy groups -OCH3 is 1. The summed E-state index contributed by atoms with van der Waals surface area (Å²) in [6.45, 7) is 6.70. The van der Waals surface area contributed by atoms with Gasteiger partial charge in [-0.15, -0.1) is 0 Å². The van der Waals surface area contributed by atoms with Gasteiger partial charge in [0.1, 0.15) is 5.82 Å². The lowest BCUT2D eigenvalue weighted by molar-refractivity contribution is -0.134. The summed E-state index contributed by atoms with van der Waals surface area (Å²) in [5, 5.41) is 1.10. The molecule has 1 aromatic carbocycles. The first-order valence-electron chi connectivity index (χ1n) is 14.9. The van der Waals surface area contributed by atoms with E-state index in [1.807, 2.05) is 11.0 Å². The molecule has 0 spiro atoms. The normalized spacial score (nSPS) is 21.5. The molecular formula is C31H43ClFN3O3. The Hall–Kier alpha value is -2.12. The number of halogens is 2. The molecule has 3 heterocycles. The van der Waals surface area contributed by atoms with Crippen LogP contribution in [0.15, 0.2) is 18.2 Å². The Bertz CT molecular complexity index is 1170. The van der Waals surface area contributed by atoms with Crippen LogP contribution in [0.2, 0.25) is 5.02 Å². The number of ether oxygens (including phenoxy) is 1. The summed E-state index contributed by atoms with van der Waals surface area (Å²) in [4.78, 5) is 29.8. The van der Waals surface area contributed by atoms with Gasteiger partial charge in [0.2, 0.25) is 11.8 Å². The largest absolute Gasteiger partial charge is 0.385 e. The molecule has 8 heteroatoms. The Morgan fingerprint density at radius 2 is 1.87 bits per heavy atom. The minimum Gasteiger partial charge on any atom is -0.385 e. The number of hydrogen-bond donors (Lipinski definition) is 0. The van der Waals surface area contributed by atoms with Crippen LogP contribution >= 0.6 is 11.6 Å². The molecule has 6 nitrogen and oxygen atoms in total. The lowest BCUT2D eigenvalue weighted by Gasteiger charge is -2.35. The number of nitrogens with zero attached hydrogens (tertiary/aromatic N) is 3. The molecule has 0 bridgehead atoms. The predicted octanol–water partition coefficient (Wildman–Crippen LogP) is 6.24. The Morgan fingerprint density at radius 3 is 2.59 bits per heavy atom. The third kappa shape index (κ3) is 6.62. The van der Waals surface area contributed by atoms with E-state index in [-0.39, 0.29) is 17.6 Å². The van der Waals surface area contributed by atoms with Crippen LogP contribution in [-0.2, 0) is 20.9 Å². The van der Waals surface area contributed by atoms with Crippen LogP contribution in [0, 0.1) is 23.6 Å². The summed E-state index contributed by atoms with van der Waals surface area (Å²) in [6.07, 6.45) is 8.55. The molecule has 2 amide bonds. The second-order valence-corrected chi connectivity index (χ2v) is 12.5. The summed E-state index contributed by atoms with van der Waals surface area (Å²) in [7, 11) is 1.69. The van der Waals surface area contributed by atoms with E-state index in [1.165, 1.54) is 6.07 Å². The molecule has 1 aromatic heterocycles. The van der Waals surface area contributed by atoms with Crippen molar-refractivity contribution in [3.8, 4) is 0 Å². The molecular weight excluding hydrogens is 517 g/mol. The van der Waals surface area contributed by atoms with Crippen molar-refractivity contribution < 1.29 is 18.7 Å². The maximum atomic E-state index is 14.8. The molecule has 2 aromatic rings. The van der Waals surface area contributed by atoms with Crippen LogP contribution in [0.3, 0.4) is 0 Å². The standard InChI is InChI=1S/C31H43ClFN3O3/c1-21(17-22-10-14-34(15-11-22)31(38)23-6-7-23)18-29(37)35-12-3-5-24(20-35)28-19-25-27(33)9-8-26(32)30(25)36(28)13-4-16-39-2/h8-9,19,21-24H,3-7,10-18,20H2,1-2H3. The maximum Gasteiger partial charge on any atom is 0.225 e. The summed E-state index contributed by atoms with van der Waals surface area (Å²) >= 11 is 6.55. The minimum absolute atomic E-state index is 0.150. The van der Waals surface area contributed by atoms with Gasteiger partial charge < -0.3 is 19.1 Å². The number of carbonyl (C=O) groups is 2. The van der Waals surface area contributed by atoms with E-state index in [1.54, 1.807) is 13.2 Å². The quantitative estimate of drug-likeness (QED) is 0.324. The van der Waals surface area contributed by atoms with Gasteiger partial charge in [-0.25, -0.2) is 4.39 Å². The molecule has 2 unspecified atom stereocenters. The number of amides is 2. The van der Waals surface area contributed by atoms with E-state index in [4.69, 9.17) is 16.3 Å². The van der Waals surface area contributed by atoms with Gasteiger partial charge in [0, 0.05) is 75.8 Å². The van der Waals surface area contributed by atoms with Crippen LogP contribution < -0.4 is 0 Å². The number of rotatable bonds is 10. The molecule has 2 atom stereocenters. The fourth-order valence-corrected chi connectivity index (χ4v) is 7.04. The molecule has 1 aliphatic carbocycles. The number of piperidine rings is 2. The summed E-state index contributed by atoms with van der Waals surface area (Å²) in [5.74, 6) is 1.68. The lowest BCUT2D eigenvalue weighted by Crippen LogP contribution is -2.41. The number of aromatic nitrogens is 1. The van der Waals surface area contributed by atoms with Crippen molar-refractivity contribution in [3.63, 3.8) is 0 Å². The second kappa shape index (κ2) is 12.6. The molecule has 39 heavy (non-hydrogen) atoms. The number of likely N-dealkylation sites (tertiary alicyclic amines) is 2. The molecule has 3 fully saturated rings. The second-order valence-electron chi connectivity index (χ2n) is 12.1. The zero-order chi connectivity index (χ0) is 27.5. The molecule has 1 saturated carbocycles. The molecule has 3 aliphatic rings. The van der Waals surface area contributed by atoms with Crippen LogP contribution in [0.1, 0.15) is 76.3 Å². The zero-order valence-corrected chi connectivity index (χ0v) is 24.2. The Morgan fingerprint density at radius 1 is 1.10 bits per heavy atom. The van der Waals surface area contributed by atoms with Gasteiger partial charge in [0.05, 0.1) is 10.5 Å². The number of aryl methyl sites for hydroxylation is 1. The number of hydrogen-bond acceptors (Lipinski definition) is 3. The van der Waals surface area contributed by atoms with Crippen LogP contribution in [0.25, 0.3) is 10.9 Å². The SMILES string of the molecule is COCCCn1c(C2CCCN(C(=O)CC(C)CC3CCN(C(=O)C4CC4)CC3)C2)cc2c(F)ccc(Cl)c21. The van der Waals surface area contributed by atoms with Crippen LogP contribution in [0.4, 0.5) is 4.39 Å². The van der Waals surface area contributed by atoms with E-state index < -0.39 is 0 Å². The van der Waals surface area contributed by atoms with Crippen molar-refractivity contribution >= 4 is 34.3 Å². The number of fused-ring (bicyclic) bond motifs is 1. The number of carbonyl (C=O) groups excluding carboxylic acids is 2. The fourth-order valence-electron chi connectivity index (χ4n) is 6.77. The smallest absolute Gasteiger partial charge is 0.225 e. The van der Waals surface area contributed by atoms with Gasteiger partial charge in [0.15, 0.2) is 0 Å². The summed E-state index contributed by atoms with van der Waals surface area (Å²) in [6, 6.07) is 5.01. The minimum atomic E-state index is -0.263. The Balaban J connectivity index is 1.19. The van der Waals surface area contributed by atoms with Crippen molar-refractivity contribution in [2.45, 2.75) is 77.2 Å². The van der Waals surface area contributed by atoms with Crippen molar-refractivity contribution in [2.75, 3.05) is 39.9 Å². The number of benzene rings is 1. The highest BCUT2D eigenvalue weighted by Crippen LogP contribution is 2.37. The topological polar surface area (TPSA) is 54.8 Å². The van der Waals surface area contributed by atoms with Crippen LogP contribution in [0.5, 0.6) is 0 Å². The van der Waals surface area contributed by atoms with Crippen molar-refractivity contribution in [2.24, 2.45) is 17.8 Å². The third-order valence-electron chi connectivity index (χ3n) is 9.02. The maximum absolute atomic E-state index is 14.8. The van der Waals surface area contributed by atoms with E-state index >= 15 is 0 Å². The molecule has 0 N–H and O–H groups in total. The monoisotopic (exact) mass is 559 g/mol. The predicted molar refractivity (Wildman–Crippen MR) is 152 cm³/mol. The average molecular weight is 560 g/mol. The average Bonchev–Trinajstić information content (AvgIpc) is 3.71. The molecule has 5 rings (SSSR count). The Labute approximate surface area is 236 Å². The van der Waals surface area contributed by atoms with Crippen molar-refractivity contribution in [1.82, 2.24) is 14.4 Å². The molecule has 2 saturated heterocycles. The van der Waals surface area contributed by atoms with Gasteiger partial charge >= 0.3 is 0 Å². The van der Waals surface area contributed by atoms with E-state index in [9.17, 15) is 14.0 Å². The zero-order valence-electron chi connectivity index (χ0n) is 23.5. The van der Waals surface area contributed by atoms with Gasteiger partial charge in [-0.3, -0.25) is 9.59 Å². The summed E-state index contributed by atoms with van der Waals surface area (Å²) < 4.78 is 22.2. The Kier molecular flexibility index (Phi) is 9.17. The van der Waals surface area contributed by atoms with Gasteiger partial charge in [0.25, 0.3) is 0 Å². The van der Waals surface area contributed by atoms with Crippen molar-refractivity contribution in [3.05, 3.63) is 34.7 Å². The third-order valence-corrected chi connectivity index (χ3v) is 9.33. The van der Waals surface area contributed by atoms with Gasteiger partial charge in [-0.2, -0.15) is 0 Å². The van der Waals surface area contributed by atoms with Crippen molar-refractivity contribution in [1.29, 1.82) is 0 Å². The first kappa shape index (κ1) is 28.4. The van der Waals surface area contributed by atoms with E-state index in [0.29, 0.717) is 60.2 Å². The van der Waals surface area contributed by atoms with E-state index in [2.05, 4.69) is 16.4 Å². The summed E-state index contributed by atoms with van der Waals surface area (Å²) in [5.41, 5.74) is 1.80. The molecule has 2 aliphatic heterocycles. The fraction of sp³-hybridized carbons (Fsp3) is 0.677. The lowest BCUT2D eigenvalue weighted by atomic mass is 9.86. The molecule has 214 valence electrons.